The van der Waals surface area contributed by atoms with Crippen LogP contribution in [-0.2, 0) is 35.2 Å². The van der Waals surface area contributed by atoms with E-state index < -0.39 is 0 Å². The van der Waals surface area contributed by atoms with Gasteiger partial charge < -0.3 is 34.3 Å². The third-order valence-electron chi connectivity index (χ3n) is 7.09. The van der Waals surface area contributed by atoms with Crippen LogP contribution in [0.3, 0.4) is 0 Å². The Labute approximate surface area is 305 Å². The third kappa shape index (κ3) is 14.7. The molecule has 0 unspecified atom stereocenters. The monoisotopic (exact) mass is 751 g/mol. The molecule has 0 bridgehead atoms. The number of para-hydroxylation sites is 2. The van der Waals surface area contributed by atoms with Gasteiger partial charge in [-0.2, -0.15) is 0 Å². The van der Waals surface area contributed by atoms with Gasteiger partial charge in [-0.3, -0.25) is 9.98 Å². The summed E-state index contributed by atoms with van der Waals surface area (Å²) < 4.78 is 9.89. The van der Waals surface area contributed by atoms with Gasteiger partial charge in [0.05, 0.1) is 11.4 Å². The SMILES string of the molecule is C1CCOC1.C1CCOC1.CCc1cccc(CC)c1N=Cc1[c-]c(C=Nc2c(CC)cccc2CC)ccc1.[Cl-].[Cl-].[Nd+3]. The van der Waals surface area contributed by atoms with E-state index in [2.05, 4.69) is 70.2 Å². The minimum atomic E-state index is 0. The number of hydrogen-bond acceptors (Lipinski definition) is 4. The molecule has 0 atom stereocenters. The molecular formula is C36H47Cl2N2NdO2. The van der Waals surface area contributed by atoms with E-state index in [1.54, 1.807) is 0 Å². The van der Waals surface area contributed by atoms with Crippen molar-refractivity contribution in [3.63, 3.8) is 0 Å². The van der Waals surface area contributed by atoms with Gasteiger partial charge in [-0.05, 0) is 86.0 Å². The molecule has 2 heterocycles. The van der Waals surface area contributed by atoms with Gasteiger partial charge in [0.15, 0.2) is 0 Å². The zero-order valence-electron chi connectivity index (χ0n) is 26.3. The Balaban J connectivity index is 0.00000114. The molecule has 2 fully saturated rings. The number of aryl methyl sites for hydroxylation is 4. The van der Waals surface area contributed by atoms with Crippen LogP contribution in [0.25, 0.3) is 0 Å². The van der Waals surface area contributed by atoms with E-state index in [9.17, 15) is 0 Å². The summed E-state index contributed by atoms with van der Waals surface area (Å²) in [4.78, 5) is 9.66. The van der Waals surface area contributed by atoms with E-state index in [0.29, 0.717) is 0 Å². The van der Waals surface area contributed by atoms with Crippen molar-refractivity contribution in [2.75, 3.05) is 26.4 Å². The van der Waals surface area contributed by atoms with E-state index in [4.69, 9.17) is 19.5 Å². The predicted octanol–water partition coefficient (Wildman–Crippen LogP) is 2.84. The Bertz CT molecular complexity index is 1080. The maximum atomic E-state index is 4.94. The van der Waals surface area contributed by atoms with Crippen LogP contribution < -0.4 is 24.8 Å². The molecule has 7 heteroatoms. The quantitative estimate of drug-likeness (QED) is 0.263. The van der Waals surface area contributed by atoms with Crippen molar-refractivity contribution in [3.8, 4) is 0 Å². The van der Waals surface area contributed by atoms with Crippen LogP contribution in [-0.4, -0.2) is 38.9 Å². The van der Waals surface area contributed by atoms with Gasteiger partial charge in [0, 0.05) is 26.4 Å². The second kappa shape index (κ2) is 25.1. The van der Waals surface area contributed by atoms with Crippen molar-refractivity contribution in [1.29, 1.82) is 0 Å². The first-order valence-corrected chi connectivity index (χ1v) is 15.2. The number of benzene rings is 3. The molecule has 0 saturated carbocycles. The molecule has 0 spiro atoms. The first-order valence-electron chi connectivity index (χ1n) is 15.2. The average Bonchev–Trinajstić information content (AvgIpc) is 3.79. The number of halogens is 2. The number of aliphatic imine (C=N–C) groups is 2. The normalized spacial score (nSPS) is 13.7. The van der Waals surface area contributed by atoms with Gasteiger partial charge in [-0.1, -0.05) is 64.1 Å². The first kappa shape index (κ1) is 41.9. The van der Waals surface area contributed by atoms with Crippen LogP contribution in [0.2, 0.25) is 0 Å². The van der Waals surface area contributed by atoms with Crippen LogP contribution >= 0.6 is 0 Å². The Morgan fingerprint density at radius 2 is 0.860 bits per heavy atom. The first-order chi connectivity index (χ1) is 19.7. The summed E-state index contributed by atoms with van der Waals surface area (Å²) in [6.45, 7) is 12.7. The largest absolute Gasteiger partial charge is 3.00 e. The van der Waals surface area contributed by atoms with Crippen LogP contribution in [0.1, 0.15) is 86.8 Å². The molecule has 0 aromatic heterocycles. The van der Waals surface area contributed by atoms with E-state index in [1.165, 1.54) is 47.9 Å². The van der Waals surface area contributed by atoms with Gasteiger partial charge >= 0.3 is 40.8 Å². The Hall–Kier alpha value is -1.15. The van der Waals surface area contributed by atoms with Crippen molar-refractivity contribution < 1.29 is 75.1 Å². The maximum absolute atomic E-state index is 4.94. The Morgan fingerprint density at radius 1 is 0.558 bits per heavy atom. The van der Waals surface area contributed by atoms with E-state index in [0.717, 1.165) is 74.6 Å². The van der Waals surface area contributed by atoms with Gasteiger partial charge in [0.1, 0.15) is 0 Å². The number of ether oxygens (including phenoxy) is 2. The molecule has 0 aliphatic carbocycles. The van der Waals surface area contributed by atoms with Crippen molar-refractivity contribution in [2.45, 2.75) is 79.1 Å². The molecule has 2 aliphatic rings. The smallest absolute Gasteiger partial charge is 1.00 e. The minimum Gasteiger partial charge on any atom is -1.00 e. The fourth-order valence-electron chi connectivity index (χ4n) is 4.71. The number of hydrogen-bond donors (Lipinski definition) is 0. The van der Waals surface area contributed by atoms with Gasteiger partial charge in [-0.15, -0.1) is 35.4 Å². The summed E-state index contributed by atoms with van der Waals surface area (Å²) in [7, 11) is 0. The van der Waals surface area contributed by atoms with Crippen LogP contribution in [0.5, 0.6) is 0 Å². The molecule has 0 N–H and O–H groups in total. The average molecular weight is 755 g/mol. The van der Waals surface area contributed by atoms with Gasteiger partial charge in [-0.25, -0.2) is 0 Å². The summed E-state index contributed by atoms with van der Waals surface area (Å²) in [5.74, 6) is 0. The number of rotatable bonds is 8. The molecule has 3 aromatic rings. The molecule has 3 aromatic carbocycles. The van der Waals surface area contributed by atoms with E-state index in [-0.39, 0.29) is 65.7 Å². The predicted molar refractivity (Wildman–Crippen MR) is 170 cm³/mol. The van der Waals surface area contributed by atoms with Crippen LogP contribution in [0, 0.1) is 46.9 Å². The minimum absolute atomic E-state index is 0. The summed E-state index contributed by atoms with van der Waals surface area (Å²) in [5, 5.41) is 0. The summed E-state index contributed by atoms with van der Waals surface area (Å²) in [6, 6.07) is 22.5. The molecule has 231 valence electrons. The Kier molecular flexibility index (Phi) is 24.4. The topological polar surface area (TPSA) is 43.2 Å². The molecule has 5 rings (SSSR count). The van der Waals surface area contributed by atoms with Crippen molar-refractivity contribution in [2.24, 2.45) is 9.98 Å². The summed E-state index contributed by atoms with van der Waals surface area (Å²) in [5.41, 5.74) is 9.26. The molecule has 43 heavy (non-hydrogen) atoms. The van der Waals surface area contributed by atoms with E-state index in [1.807, 2.05) is 30.6 Å². The Morgan fingerprint density at radius 3 is 1.12 bits per heavy atom. The number of nitrogens with zero attached hydrogens (tertiary/aromatic N) is 2. The standard InChI is InChI=1S/C28H31N2.2C4H8O.2ClH.Nd/c1-5-23-14-10-15-24(6-2)27(23)29-19-21-12-9-13-22(18-21)20-30-28-25(7-3)16-11-17-26(28)8-4;2*1-2-4-5-3-1;;;/h9-17,19-20H,5-8H2,1-4H3;2*1-4H2;2*1H;/q-1;;;;;+3/p-2. The molecule has 1 radical (unpaired) electrons. The van der Waals surface area contributed by atoms with Crippen molar-refractivity contribution in [1.82, 2.24) is 0 Å². The molecule has 2 aliphatic heterocycles. The fourth-order valence-corrected chi connectivity index (χ4v) is 4.71. The molecule has 2 saturated heterocycles. The van der Waals surface area contributed by atoms with Crippen LogP contribution in [0.4, 0.5) is 11.4 Å². The second-order valence-electron chi connectivity index (χ2n) is 9.98. The zero-order chi connectivity index (χ0) is 28.4. The zero-order valence-corrected chi connectivity index (χ0v) is 31.0. The van der Waals surface area contributed by atoms with Crippen molar-refractivity contribution >= 4 is 23.8 Å². The summed E-state index contributed by atoms with van der Waals surface area (Å²) in [6.07, 6.45) is 12.9. The molecule has 0 amide bonds. The van der Waals surface area contributed by atoms with Gasteiger partial charge in [0.2, 0.25) is 0 Å². The third-order valence-corrected chi connectivity index (χ3v) is 7.09. The molecular weight excluding hydrogens is 708 g/mol. The summed E-state index contributed by atoms with van der Waals surface area (Å²) >= 11 is 0. The van der Waals surface area contributed by atoms with Crippen molar-refractivity contribution in [3.05, 3.63) is 94.0 Å². The maximum Gasteiger partial charge on any atom is 3.00 e. The van der Waals surface area contributed by atoms with Gasteiger partial charge in [0.25, 0.3) is 0 Å². The fraction of sp³-hybridized carbons (Fsp3) is 0.444. The van der Waals surface area contributed by atoms with E-state index >= 15 is 0 Å². The molecule has 4 nitrogen and oxygen atoms in total. The second-order valence-corrected chi connectivity index (χ2v) is 9.98. The van der Waals surface area contributed by atoms with Crippen LogP contribution in [0.15, 0.2) is 64.6 Å².